The molecular formula is C19H13ClF2N2OS. The van der Waals surface area contributed by atoms with Gasteiger partial charge < -0.3 is 5.32 Å². The van der Waals surface area contributed by atoms with Crippen LogP contribution < -0.4 is 5.32 Å². The summed E-state index contributed by atoms with van der Waals surface area (Å²) < 4.78 is 26.4. The van der Waals surface area contributed by atoms with Gasteiger partial charge in [-0.1, -0.05) is 17.7 Å². The second kappa shape index (κ2) is 8.29. The number of hydrogen-bond donors (Lipinski definition) is 1. The molecule has 0 atom stereocenters. The third kappa shape index (κ3) is 4.59. The minimum absolute atomic E-state index is 0.124. The maximum atomic E-state index is 13.3. The van der Waals surface area contributed by atoms with Gasteiger partial charge in [-0.3, -0.25) is 9.78 Å². The first kappa shape index (κ1) is 18.4. The van der Waals surface area contributed by atoms with Crippen molar-refractivity contribution >= 4 is 35.0 Å². The highest BCUT2D eigenvalue weighted by molar-refractivity contribution is 7.98. The van der Waals surface area contributed by atoms with Crippen LogP contribution in [0.4, 0.5) is 14.5 Å². The number of rotatable bonds is 5. The molecule has 3 aromatic rings. The summed E-state index contributed by atoms with van der Waals surface area (Å²) >= 11 is 7.45. The molecule has 0 aliphatic carbocycles. The minimum atomic E-state index is -1.12. The lowest BCUT2D eigenvalue weighted by Gasteiger charge is -2.08. The Bertz CT molecular complexity index is 921. The fourth-order valence-corrected chi connectivity index (χ4v) is 3.25. The van der Waals surface area contributed by atoms with Crippen molar-refractivity contribution in [1.29, 1.82) is 0 Å². The summed E-state index contributed by atoms with van der Waals surface area (Å²) in [6, 6.07) is 12.6. The predicted octanol–water partition coefficient (Wildman–Crippen LogP) is 5.56. The Balaban J connectivity index is 1.64. The summed E-state index contributed by atoms with van der Waals surface area (Å²) in [5.41, 5.74) is 1.52. The molecule has 0 aliphatic rings. The van der Waals surface area contributed by atoms with Gasteiger partial charge in [-0.2, -0.15) is 0 Å². The van der Waals surface area contributed by atoms with Crippen molar-refractivity contribution in [3.63, 3.8) is 0 Å². The molecule has 2 aromatic carbocycles. The van der Waals surface area contributed by atoms with Gasteiger partial charge in [0.05, 0.1) is 10.6 Å². The molecule has 0 unspecified atom stereocenters. The van der Waals surface area contributed by atoms with Crippen LogP contribution in [0.3, 0.4) is 0 Å². The number of halogens is 3. The molecular weight excluding hydrogens is 378 g/mol. The van der Waals surface area contributed by atoms with Crippen LogP contribution in [-0.2, 0) is 5.75 Å². The topological polar surface area (TPSA) is 42.0 Å². The molecule has 0 spiro atoms. The standard InChI is InChI=1S/C19H13ClF2N2OS/c20-16-9-18(22)17(21)8-15(16)19(25)24-13-3-5-14(6-4-13)26-11-12-2-1-7-23-10-12/h1-10H,11H2,(H,24,25). The van der Waals surface area contributed by atoms with Crippen LogP contribution in [0.2, 0.25) is 5.02 Å². The number of aromatic nitrogens is 1. The highest BCUT2D eigenvalue weighted by atomic mass is 35.5. The number of pyridine rings is 1. The highest BCUT2D eigenvalue weighted by Gasteiger charge is 2.15. The van der Waals surface area contributed by atoms with Gasteiger partial charge in [0.15, 0.2) is 11.6 Å². The molecule has 3 rings (SSSR count). The van der Waals surface area contributed by atoms with Crippen LogP contribution in [-0.4, -0.2) is 10.9 Å². The largest absolute Gasteiger partial charge is 0.322 e. The first-order valence-electron chi connectivity index (χ1n) is 7.60. The Morgan fingerprint density at radius 3 is 2.54 bits per heavy atom. The van der Waals surface area contributed by atoms with E-state index in [1.54, 1.807) is 30.1 Å². The average Bonchev–Trinajstić information content (AvgIpc) is 2.65. The van der Waals surface area contributed by atoms with Crippen molar-refractivity contribution in [3.8, 4) is 0 Å². The fourth-order valence-electron chi connectivity index (χ4n) is 2.18. The average molecular weight is 391 g/mol. The van der Waals surface area contributed by atoms with E-state index < -0.39 is 17.5 Å². The zero-order chi connectivity index (χ0) is 18.5. The quantitative estimate of drug-likeness (QED) is 0.458. The zero-order valence-corrected chi connectivity index (χ0v) is 15.0. The molecule has 1 aromatic heterocycles. The number of carbonyl (C=O) groups is 1. The predicted molar refractivity (Wildman–Crippen MR) is 99.6 cm³/mol. The monoisotopic (exact) mass is 390 g/mol. The van der Waals surface area contributed by atoms with Crippen molar-refractivity contribution in [2.24, 2.45) is 0 Å². The molecule has 3 nitrogen and oxygen atoms in total. The third-order valence-corrected chi connectivity index (χ3v) is 4.89. The van der Waals surface area contributed by atoms with E-state index in [4.69, 9.17) is 11.6 Å². The van der Waals surface area contributed by atoms with Crippen molar-refractivity contribution in [2.75, 3.05) is 5.32 Å². The number of amides is 1. The summed E-state index contributed by atoms with van der Waals surface area (Å²) in [5.74, 6) is -2.04. The first-order chi connectivity index (χ1) is 12.5. The number of nitrogens with one attached hydrogen (secondary N) is 1. The van der Waals surface area contributed by atoms with E-state index in [1.807, 2.05) is 30.5 Å². The van der Waals surface area contributed by atoms with E-state index in [-0.39, 0.29) is 10.6 Å². The molecule has 1 amide bonds. The van der Waals surface area contributed by atoms with E-state index >= 15 is 0 Å². The van der Waals surface area contributed by atoms with Gasteiger partial charge in [0.25, 0.3) is 5.91 Å². The maximum absolute atomic E-state index is 13.3. The number of anilines is 1. The summed E-state index contributed by atoms with van der Waals surface area (Å²) in [4.78, 5) is 17.3. The summed E-state index contributed by atoms with van der Waals surface area (Å²) in [5, 5.41) is 2.47. The highest BCUT2D eigenvalue weighted by Crippen LogP contribution is 2.25. The van der Waals surface area contributed by atoms with E-state index in [2.05, 4.69) is 10.3 Å². The molecule has 0 saturated heterocycles. The lowest BCUT2D eigenvalue weighted by Crippen LogP contribution is -2.13. The molecule has 1 N–H and O–H groups in total. The molecule has 0 aliphatic heterocycles. The third-order valence-electron chi connectivity index (χ3n) is 3.50. The molecule has 1 heterocycles. The van der Waals surface area contributed by atoms with E-state index in [1.165, 1.54) is 0 Å². The summed E-state index contributed by atoms with van der Waals surface area (Å²) in [6.45, 7) is 0. The molecule has 0 radical (unpaired) electrons. The Kier molecular flexibility index (Phi) is 5.85. The first-order valence-corrected chi connectivity index (χ1v) is 8.97. The van der Waals surface area contributed by atoms with Crippen molar-refractivity contribution in [3.05, 3.63) is 88.7 Å². The zero-order valence-electron chi connectivity index (χ0n) is 13.4. The Hall–Kier alpha value is -2.44. The van der Waals surface area contributed by atoms with Crippen molar-refractivity contribution in [2.45, 2.75) is 10.6 Å². The van der Waals surface area contributed by atoms with E-state index in [0.29, 0.717) is 5.69 Å². The van der Waals surface area contributed by atoms with Crippen LogP contribution in [0.15, 0.2) is 65.8 Å². The van der Waals surface area contributed by atoms with Gasteiger partial charge in [-0.25, -0.2) is 8.78 Å². The van der Waals surface area contributed by atoms with Crippen LogP contribution in [0, 0.1) is 11.6 Å². The lowest BCUT2D eigenvalue weighted by atomic mass is 10.2. The normalized spacial score (nSPS) is 10.6. The molecule has 0 fully saturated rings. The summed E-state index contributed by atoms with van der Waals surface area (Å²) in [7, 11) is 0. The number of hydrogen-bond acceptors (Lipinski definition) is 3. The minimum Gasteiger partial charge on any atom is -0.322 e. The Morgan fingerprint density at radius 2 is 1.85 bits per heavy atom. The number of nitrogens with zero attached hydrogens (tertiary/aromatic N) is 1. The Morgan fingerprint density at radius 1 is 1.12 bits per heavy atom. The summed E-state index contributed by atoms with van der Waals surface area (Å²) in [6.07, 6.45) is 3.54. The SMILES string of the molecule is O=C(Nc1ccc(SCc2cccnc2)cc1)c1cc(F)c(F)cc1Cl. The van der Waals surface area contributed by atoms with Gasteiger partial charge in [0, 0.05) is 28.7 Å². The van der Waals surface area contributed by atoms with Gasteiger partial charge in [0.2, 0.25) is 0 Å². The molecule has 0 saturated carbocycles. The van der Waals surface area contributed by atoms with Gasteiger partial charge in [-0.05, 0) is 48.0 Å². The van der Waals surface area contributed by atoms with Crippen molar-refractivity contribution in [1.82, 2.24) is 4.98 Å². The fraction of sp³-hybridized carbons (Fsp3) is 0.0526. The second-order valence-corrected chi connectivity index (χ2v) is 6.83. The van der Waals surface area contributed by atoms with Crippen LogP contribution in [0.25, 0.3) is 0 Å². The van der Waals surface area contributed by atoms with Crippen LogP contribution >= 0.6 is 23.4 Å². The van der Waals surface area contributed by atoms with E-state index in [9.17, 15) is 13.6 Å². The van der Waals surface area contributed by atoms with Crippen LogP contribution in [0.1, 0.15) is 15.9 Å². The molecule has 7 heteroatoms. The maximum Gasteiger partial charge on any atom is 0.257 e. The number of benzene rings is 2. The lowest BCUT2D eigenvalue weighted by molar-refractivity contribution is 0.102. The van der Waals surface area contributed by atoms with Gasteiger partial charge >= 0.3 is 0 Å². The molecule has 26 heavy (non-hydrogen) atoms. The van der Waals surface area contributed by atoms with Crippen LogP contribution in [0.5, 0.6) is 0 Å². The number of thioether (sulfide) groups is 1. The smallest absolute Gasteiger partial charge is 0.257 e. The van der Waals surface area contributed by atoms with Gasteiger partial charge in [0.1, 0.15) is 0 Å². The van der Waals surface area contributed by atoms with Crippen molar-refractivity contribution < 1.29 is 13.6 Å². The van der Waals surface area contributed by atoms with Gasteiger partial charge in [-0.15, -0.1) is 11.8 Å². The second-order valence-electron chi connectivity index (χ2n) is 5.37. The Labute approximate surface area is 158 Å². The number of carbonyl (C=O) groups excluding carboxylic acids is 1. The molecule has 132 valence electrons. The molecule has 0 bridgehead atoms. The van der Waals surface area contributed by atoms with E-state index in [0.717, 1.165) is 28.3 Å².